The van der Waals surface area contributed by atoms with Crippen LogP contribution in [0.5, 0.6) is 5.75 Å². The summed E-state index contributed by atoms with van der Waals surface area (Å²) in [4.78, 5) is 11.8. The van der Waals surface area contributed by atoms with Gasteiger partial charge >= 0.3 is 0 Å². The molecule has 0 aliphatic carbocycles. The number of halogens is 3. The summed E-state index contributed by atoms with van der Waals surface area (Å²) >= 11 is 11.1. The first-order chi connectivity index (χ1) is 9.97. The molecule has 2 N–H and O–H groups in total. The van der Waals surface area contributed by atoms with Crippen LogP contribution in [0.2, 0.25) is 5.02 Å². The van der Waals surface area contributed by atoms with Crippen molar-refractivity contribution in [2.24, 2.45) is 5.10 Å². The molecular weight excluding hydrogens is 470 g/mol. The highest BCUT2D eigenvalue weighted by atomic mass is 127. The van der Waals surface area contributed by atoms with Crippen LogP contribution in [0.25, 0.3) is 0 Å². The topological polar surface area (TPSA) is 61.7 Å². The summed E-state index contributed by atoms with van der Waals surface area (Å²) in [5.41, 5.74) is 3.35. The lowest BCUT2D eigenvalue weighted by Crippen LogP contribution is -2.17. The number of hydrazone groups is 1. The van der Waals surface area contributed by atoms with Crippen molar-refractivity contribution in [3.05, 3.63) is 60.6 Å². The quantitative estimate of drug-likeness (QED) is 0.394. The molecule has 0 spiro atoms. The first-order valence-corrected chi connectivity index (χ1v) is 7.99. The number of hydrogen-bond acceptors (Lipinski definition) is 3. The van der Waals surface area contributed by atoms with Gasteiger partial charge < -0.3 is 5.11 Å². The standard InChI is InChI=1S/C14H9BrClIN2O2/c15-10-5-9(13(20)12(17)6-10)7-18-19-14(21)8-1-3-11(16)4-2-8/h1-7,20H,(H,19,21). The van der Waals surface area contributed by atoms with Crippen LogP contribution >= 0.6 is 50.1 Å². The Labute approximate surface area is 148 Å². The maximum Gasteiger partial charge on any atom is 0.271 e. The lowest BCUT2D eigenvalue weighted by atomic mass is 10.2. The van der Waals surface area contributed by atoms with Crippen molar-refractivity contribution < 1.29 is 9.90 Å². The highest BCUT2D eigenvalue weighted by Gasteiger charge is 2.06. The van der Waals surface area contributed by atoms with E-state index in [1.165, 1.54) is 6.21 Å². The van der Waals surface area contributed by atoms with E-state index in [4.69, 9.17) is 11.6 Å². The van der Waals surface area contributed by atoms with E-state index in [0.717, 1.165) is 4.47 Å². The zero-order valence-corrected chi connectivity index (χ0v) is 15.0. The number of phenols is 1. The number of rotatable bonds is 3. The van der Waals surface area contributed by atoms with Crippen molar-refractivity contribution in [1.82, 2.24) is 5.43 Å². The van der Waals surface area contributed by atoms with Gasteiger partial charge in [-0.1, -0.05) is 27.5 Å². The minimum Gasteiger partial charge on any atom is -0.506 e. The molecule has 0 unspecified atom stereocenters. The Kier molecular flexibility index (Phi) is 5.60. The summed E-state index contributed by atoms with van der Waals surface area (Å²) in [6.45, 7) is 0. The van der Waals surface area contributed by atoms with Crippen LogP contribution in [0.1, 0.15) is 15.9 Å². The third-order valence-corrected chi connectivity index (χ3v) is 4.07. The van der Waals surface area contributed by atoms with Gasteiger partial charge in [0.1, 0.15) is 5.75 Å². The van der Waals surface area contributed by atoms with Gasteiger partial charge in [0.25, 0.3) is 5.91 Å². The third-order valence-electron chi connectivity index (χ3n) is 2.53. The predicted molar refractivity (Wildman–Crippen MR) is 95.0 cm³/mol. The van der Waals surface area contributed by atoms with Gasteiger partial charge in [-0.25, -0.2) is 5.43 Å². The Morgan fingerprint density at radius 1 is 1.33 bits per heavy atom. The Hall–Kier alpha value is -1.12. The maximum atomic E-state index is 11.8. The number of aromatic hydroxyl groups is 1. The zero-order valence-electron chi connectivity index (χ0n) is 10.5. The van der Waals surface area contributed by atoms with Gasteiger partial charge in [-0.15, -0.1) is 0 Å². The minimum absolute atomic E-state index is 0.114. The van der Waals surface area contributed by atoms with Crippen molar-refractivity contribution in [2.45, 2.75) is 0 Å². The van der Waals surface area contributed by atoms with E-state index in [9.17, 15) is 9.90 Å². The molecule has 0 fully saturated rings. The number of carbonyl (C=O) groups is 1. The molecule has 108 valence electrons. The van der Waals surface area contributed by atoms with E-state index < -0.39 is 0 Å². The summed E-state index contributed by atoms with van der Waals surface area (Å²) in [7, 11) is 0. The molecule has 0 aliphatic heterocycles. The van der Waals surface area contributed by atoms with E-state index in [-0.39, 0.29) is 11.7 Å². The summed E-state index contributed by atoms with van der Waals surface area (Å²) in [5.74, 6) is -0.240. The molecule has 0 aliphatic rings. The fraction of sp³-hybridized carbons (Fsp3) is 0. The van der Waals surface area contributed by atoms with E-state index in [1.54, 1.807) is 36.4 Å². The van der Waals surface area contributed by atoms with Crippen LogP contribution < -0.4 is 5.43 Å². The van der Waals surface area contributed by atoms with Crippen LogP contribution in [0.15, 0.2) is 46.0 Å². The number of phenolic OH excluding ortho intramolecular Hbond substituents is 1. The molecule has 4 nitrogen and oxygen atoms in total. The third kappa shape index (κ3) is 4.42. The first kappa shape index (κ1) is 16.3. The second kappa shape index (κ2) is 7.24. The monoisotopic (exact) mass is 478 g/mol. The normalized spacial score (nSPS) is 10.8. The Balaban J connectivity index is 2.09. The van der Waals surface area contributed by atoms with Gasteiger partial charge in [0.15, 0.2) is 0 Å². The molecule has 7 heteroatoms. The smallest absolute Gasteiger partial charge is 0.271 e. The van der Waals surface area contributed by atoms with Gasteiger partial charge in [-0.2, -0.15) is 5.10 Å². The highest BCUT2D eigenvalue weighted by molar-refractivity contribution is 14.1. The average molecular weight is 479 g/mol. The molecule has 0 aromatic heterocycles. The molecule has 2 aromatic rings. The first-order valence-electron chi connectivity index (χ1n) is 5.74. The van der Waals surface area contributed by atoms with Crippen LogP contribution in [0, 0.1) is 3.57 Å². The number of amides is 1. The van der Waals surface area contributed by atoms with Crippen LogP contribution in [-0.4, -0.2) is 17.2 Å². The molecule has 2 aromatic carbocycles. The number of carbonyl (C=O) groups excluding carboxylic acids is 1. The van der Waals surface area contributed by atoms with E-state index in [0.29, 0.717) is 19.7 Å². The lowest BCUT2D eigenvalue weighted by molar-refractivity contribution is 0.0955. The van der Waals surface area contributed by atoms with Gasteiger partial charge in [-0.3, -0.25) is 4.79 Å². The SMILES string of the molecule is O=C(NN=Cc1cc(Br)cc(I)c1O)c1ccc(Cl)cc1. The van der Waals surface area contributed by atoms with Crippen LogP contribution in [-0.2, 0) is 0 Å². The Bertz CT molecular complexity index is 705. The number of benzene rings is 2. The van der Waals surface area contributed by atoms with Crippen molar-refractivity contribution in [1.29, 1.82) is 0 Å². The molecule has 0 saturated carbocycles. The van der Waals surface area contributed by atoms with Gasteiger partial charge in [0.2, 0.25) is 0 Å². The average Bonchev–Trinajstić information content (AvgIpc) is 2.44. The van der Waals surface area contributed by atoms with Crippen molar-refractivity contribution in [3.8, 4) is 5.75 Å². The van der Waals surface area contributed by atoms with Crippen molar-refractivity contribution >= 4 is 62.2 Å². The van der Waals surface area contributed by atoms with E-state index in [1.807, 2.05) is 22.6 Å². The maximum absolute atomic E-state index is 11.8. The van der Waals surface area contributed by atoms with E-state index in [2.05, 4.69) is 26.5 Å². The second-order valence-electron chi connectivity index (χ2n) is 4.03. The van der Waals surface area contributed by atoms with Crippen molar-refractivity contribution in [2.75, 3.05) is 0 Å². The Morgan fingerprint density at radius 3 is 2.67 bits per heavy atom. The molecule has 0 radical (unpaired) electrons. The highest BCUT2D eigenvalue weighted by Crippen LogP contribution is 2.27. The summed E-state index contributed by atoms with van der Waals surface area (Å²) in [6.07, 6.45) is 1.38. The fourth-order valence-corrected chi connectivity index (χ4v) is 3.19. The van der Waals surface area contributed by atoms with Gasteiger partial charge in [0.05, 0.1) is 9.78 Å². The molecule has 0 heterocycles. The van der Waals surface area contributed by atoms with Crippen LogP contribution in [0.3, 0.4) is 0 Å². The van der Waals surface area contributed by atoms with Gasteiger partial charge in [-0.05, 0) is 59.0 Å². The lowest BCUT2D eigenvalue weighted by Gasteiger charge is -2.03. The number of hydrogen-bond donors (Lipinski definition) is 2. The Morgan fingerprint density at radius 2 is 2.00 bits per heavy atom. The molecule has 0 saturated heterocycles. The molecule has 0 bridgehead atoms. The summed E-state index contributed by atoms with van der Waals surface area (Å²) in [5, 5.41) is 14.3. The number of nitrogens with one attached hydrogen (secondary N) is 1. The second-order valence-corrected chi connectivity index (χ2v) is 6.55. The molecule has 0 atom stereocenters. The number of nitrogens with zero attached hydrogens (tertiary/aromatic N) is 1. The summed E-state index contributed by atoms with van der Waals surface area (Å²) in [6, 6.07) is 9.94. The van der Waals surface area contributed by atoms with Crippen LogP contribution in [0.4, 0.5) is 0 Å². The molecule has 21 heavy (non-hydrogen) atoms. The predicted octanol–water partition coefficient (Wildman–Crippen LogP) is 4.18. The van der Waals surface area contributed by atoms with Crippen molar-refractivity contribution in [3.63, 3.8) is 0 Å². The minimum atomic E-state index is -0.355. The van der Waals surface area contributed by atoms with Gasteiger partial charge in [0, 0.05) is 20.6 Å². The molecular formula is C14H9BrClIN2O2. The summed E-state index contributed by atoms with van der Waals surface area (Å²) < 4.78 is 1.50. The largest absolute Gasteiger partial charge is 0.506 e. The van der Waals surface area contributed by atoms with E-state index >= 15 is 0 Å². The zero-order chi connectivity index (χ0) is 15.4. The molecule has 2 rings (SSSR count). The fourth-order valence-electron chi connectivity index (χ4n) is 1.51. The molecule has 1 amide bonds.